The monoisotopic (exact) mass is 377 g/mol. The first-order chi connectivity index (χ1) is 12.4. The van der Waals surface area contributed by atoms with Gasteiger partial charge >= 0.3 is 0 Å². The number of halogens is 1. The molecule has 1 atom stereocenters. The van der Waals surface area contributed by atoms with E-state index in [0.717, 1.165) is 6.42 Å². The lowest BCUT2D eigenvalue weighted by Gasteiger charge is -2.25. The van der Waals surface area contributed by atoms with Crippen LogP contribution in [0.3, 0.4) is 0 Å². The number of aryl methyl sites for hydroxylation is 1. The number of rotatable bonds is 8. The highest BCUT2D eigenvalue weighted by Gasteiger charge is 2.25. The van der Waals surface area contributed by atoms with Crippen LogP contribution in [0.25, 0.3) is 0 Å². The van der Waals surface area contributed by atoms with Crippen molar-refractivity contribution in [3.8, 4) is 0 Å². The van der Waals surface area contributed by atoms with Crippen molar-refractivity contribution in [1.29, 1.82) is 0 Å². The van der Waals surface area contributed by atoms with Gasteiger partial charge in [-0.2, -0.15) is 0 Å². The molecule has 0 aliphatic rings. The third-order valence-electron chi connectivity index (χ3n) is 3.83. The van der Waals surface area contributed by atoms with Crippen LogP contribution in [0.15, 0.2) is 40.9 Å². The van der Waals surface area contributed by atoms with Crippen LogP contribution in [0, 0.1) is 12.8 Å². The Morgan fingerprint density at radius 2 is 1.96 bits per heavy atom. The highest BCUT2D eigenvalue weighted by Crippen LogP contribution is 2.23. The second-order valence-electron chi connectivity index (χ2n) is 6.59. The van der Waals surface area contributed by atoms with E-state index in [1.165, 1.54) is 4.90 Å². The normalized spacial score (nSPS) is 12.0. The van der Waals surface area contributed by atoms with Crippen molar-refractivity contribution >= 4 is 29.2 Å². The third kappa shape index (κ3) is 5.88. The SMILES string of the molecule is Cc1cc(NC(=O)CN(CCC(C)C)C(=O)C(Cl)c2ccccc2)no1. The Morgan fingerprint density at radius 3 is 2.54 bits per heavy atom. The summed E-state index contributed by atoms with van der Waals surface area (Å²) in [6.45, 7) is 6.23. The molecule has 0 aliphatic heterocycles. The van der Waals surface area contributed by atoms with E-state index in [0.29, 0.717) is 29.6 Å². The summed E-state index contributed by atoms with van der Waals surface area (Å²) in [7, 11) is 0. The molecule has 6 nitrogen and oxygen atoms in total. The maximum Gasteiger partial charge on any atom is 0.245 e. The van der Waals surface area contributed by atoms with Crippen LogP contribution in [0.2, 0.25) is 0 Å². The molecule has 0 fully saturated rings. The van der Waals surface area contributed by atoms with Gasteiger partial charge in [-0.1, -0.05) is 49.3 Å². The van der Waals surface area contributed by atoms with E-state index in [1.807, 2.05) is 18.2 Å². The molecule has 1 unspecified atom stereocenters. The van der Waals surface area contributed by atoms with Gasteiger partial charge in [0.1, 0.15) is 11.1 Å². The standard InChI is InChI=1S/C19H24ClN3O3/c1-13(2)9-10-23(12-17(24)21-16-11-14(3)26-22-16)19(25)18(20)15-7-5-4-6-8-15/h4-8,11,13,18H,9-10,12H2,1-3H3,(H,21,22,24). The fourth-order valence-electron chi connectivity index (χ4n) is 2.39. The molecule has 0 saturated heterocycles. The second-order valence-corrected chi connectivity index (χ2v) is 7.02. The Hall–Kier alpha value is -2.34. The van der Waals surface area contributed by atoms with Crippen LogP contribution in [0.5, 0.6) is 0 Å². The first kappa shape index (κ1) is 20.0. The maximum atomic E-state index is 12.8. The van der Waals surface area contributed by atoms with Gasteiger partial charge in [0.15, 0.2) is 5.82 Å². The van der Waals surface area contributed by atoms with Gasteiger partial charge in [0.05, 0.1) is 6.54 Å². The first-order valence-electron chi connectivity index (χ1n) is 8.57. The average molecular weight is 378 g/mol. The predicted octanol–water partition coefficient (Wildman–Crippen LogP) is 3.78. The van der Waals surface area contributed by atoms with Crippen molar-refractivity contribution < 1.29 is 14.1 Å². The molecular weight excluding hydrogens is 354 g/mol. The van der Waals surface area contributed by atoms with Crippen molar-refractivity contribution in [1.82, 2.24) is 10.1 Å². The Labute approximate surface area is 158 Å². The summed E-state index contributed by atoms with van der Waals surface area (Å²) < 4.78 is 4.93. The minimum atomic E-state index is -0.828. The predicted molar refractivity (Wildman–Crippen MR) is 101 cm³/mol. The molecule has 2 amide bonds. The Balaban J connectivity index is 2.06. The maximum absolute atomic E-state index is 12.8. The Bertz CT molecular complexity index is 731. The first-order valence-corrected chi connectivity index (χ1v) is 9.01. The number of amides is 2. The summed E-state index contributed by atoms with van der Waals surface area (Å²) in [5, 5.41) is 5.53. The van der Waals surface area contributed by atoms with E-state index in [2.05, 4.69) is 24.3 Å². The highest BCUT2D eigenvalue weighted by molar-refractivity contribution is 6.30. The van der Waals surface area contributed by atoms with Gasteiger partial charge in [0.2, 0.25) is 11.8 Å². The van der Waals surface area contributed by atoms with E-state index in [-0.39, 0.29) is 18.4 Å². The second kappa shape index (κ2) is 9.38. The molecular formula is C19H24ClN3O3. The van der Waals surface area contributed by atoms with Crippen LogP contribution in [0.4, 0.5) is 5.82 Å². The molecule has 0 saturated carbocycles. The van der Waals surface area contributed by atoms with E-state index in [1.54, 1.807) is 25.1 Å². The summed E-state index contributed by atoms with van der Waals surface area (Å²) in [4.78, 5) is 26.6. The molecule has 1 aromatic carbocycles. The molecule has 0 spiro atoms. The third-order valence-corrected chi connectivity index (χ3v) is 4.27. The van der Waals surface area contributed by atoms with Crippen LogP contribution in [0.1, 0.15) is 37.0 Å². The minimum absolute atomic E-state index is 0.0898. The van der Waals surface area contributed by atoms with Crippen molar-refractivity contribution in [2.45, 2.75) is 32.6 Å². The molecule has 0 radical (unpaired) electrons. The van der Waals surface area contributed by atoms with Crippen LogP contribution in [-0.4, -0.2) is 35.0 Å². The molecule has 1 N–H and O–H groups in total. The number of carbonyl (C=O) groups is 2. The van der Waals surface area contributed by atoms with Crippen LogP contribution < -0.4 is 5.32 Å². The number of nitrogens with one attached hydrogen (secondary N) is 1. The number of nitrogens with zero attached hydrogens (tertiary/aromatic N) is 2. The van der Waals surface area contributed by atoms with Gasteiger partial charge in [0, 0.05) is 12.6 Å². The van der Waals surface area contributed by atoms with Crippen LogP contribution >= 0.6 is 11.6 Å². The smallest absolute Gasteiger partial charge is 0.245 e. The number of benzene rings is 1. The minimum Gasteiger partial charge on any atom is -0.360 e. The number of hydrogen-bond donors (Lipinski definition) is 1. The molecule has 1 aromatic heterocycles. The van der Waals surface area contributed by atoms with E-state index < -0.39 is 5.38 Å². The fourth-order valence-corrected chi connectivity index (χ4v) is 2.67. The number of hydrogen-bond acceptors (Lipinski definition) is 4. The number of aromatic nitrogens is 1. The number of carbonyl (C=O) groups excluding carboxylic acids is 2. The molecule has 140 valence electrons. The van der Waals surface area contributed by atoms with Gasteiger partial charge in [-0.15, -0.1) is 11.6 Å². The molecule has 2 rings (SSSR count). The van der Waals surface area contributed by atoms with Crippen molar-refractivity contribution in [2.75, 3.05) is 18.4 Å². The molecule has 0 bridgehead atoms. The number of anilines is 1. The van der Waals surface area contributed by atoms with Crippen molar-refractivity contribution in [3.05, 3.63) is 47.7 Å². The lowest BCUT2D eigenvalue weighted by molar-refractivity contribution is -0.134. The summed E-state index contributed by atoms with van der Waals surface area (Å²) >= 11 is 6.36. The van der Waals surface area contributed by atoms with Gasteiger partial charge in [0.25, 0.3) is 0 Å². The zero-order valence-electron chi connectivity index (χ0n) is 15.2. The molecule has 1 heterocycles. The van der Waals surface area contributed by atoms with Gasteiger partial charge in [-0.05, 0) is 24.8 Å². The largest absolute Gasteiger partial charge is 0.360 e. The lowest BCUT2D eigenvalue weighted by Crippen LogP contribution is -2.40. The van der Waals surface area contributed by atoms with Crippen molar-refractivity contribution in [2.24, 2.45) is 5.92 Å². The van der Waals surface area contributed by atoms with Crippen LogP contribution in [-0.2, 0) is 9.59 Å². The van der Waals surface area contributed by atoms with Crippen molar-refractivity contribution in [3.63, 3.8) is 0 Å². The fraction of sp³-hybridized carbons (Fsp3) is 0.421. The lowest BCUT2D eigenvalue weighted by atomic mass is 10.1. The number of alkyl halides is 1. The van der Waals surface area contributed by atoms with Gasteiger partial charge in [-0.25, -0.2) is 0 Å². The molecule has 7 heteroatoms. The summed E-state index contributed by atoms with van der Waals surface area (Å²) in [6.07, 6.45) is 0.778. The Kier molecular flexibility index (Phi) is 7.21. The zero-order chi connectivity index (χ0) is 19.1. The van der Waals surface area contributed by atoms with E-state index in [9.17, 15) is 9.59 Å². The molecule has 2 aromatic rings. The van der Waals surface area contributed by atoms with E-state index in [4.69, 9.17) is 16.1 Å². The summed E-state index contributed by atoms with van der Waals surface area (Å²) in [6, 6.07) is 10.7. The summed E-state index contributed by atoms with van der Waals surface area (Å²) in [5.74, 6) is 0.696. The Morgan fingerprint density at radius 1 is 1.27 bits per heavy atom. The topological polar surface area (TPSA) is 75.4 Å². The van der Waals surface area contributed by atoms with Gasteiger partial charge in [-0.3, -0.25) is 9.59 Å². The van der Waals surface area contributed by atoms with Gasteiger partial charge < -0.3 is 14.7 Å². The molecule has 0 aliphatic carbocycles. The van der Waals surface area contributed by atoms with E-state index >= 15 is 0 Å². The summed E-state index contributed by atoms with van der Waals surface area (Å²) in [5.41, 5.74) is 0.709. The zero-order valence-corrected chi connectivity index (χ0v) is 16.0. The average Bonchev–Trinajstić information content (AvgIpc) is 3.02. The highest BCUT2D eigenvalue weighted by atomic mass is 35.5. The molecule has 26 heavy (non-hydrogen) atoms. The quantitative estimate of drug-likeness (QED) is 0.710.